The fourth-order valence-corrected chi connectivity index (χ4v) is 1.92. The fourth-order valence-electron chi connectivity index (χ4n) is 1.92. The Bertz CT molecular complexity index is 725. The molecular weight excluding hydrogens is 286 g/mol. The van der Waals surface area contributed by atoms with E-state index in [1.807, 2.05) is 30.3 Å². The topological polar surface area (TPSA) is 105 Å². The molecule has 2 aromatic rings. The number of methoxy groups -OCH3 is 1. The summed E-state index contributed by atoms with van der Waals surface area (Å²) in [6.45, 7) is 0.277. The fraction of sp³-hybridized carbons (Fsp3) is 0.133. The zero-order chi connectivity index (χ0) is 15.9. The van der Waals surface area contributed by atoms with Crippen molar-refractivity contribution < 1.29 is 19.4 Å². The Kier molecular flexibility index (Phi) is 4.85. The molecule has 0 heterocycles. The van der Waals surface area contributed by atoms with Gasteiger partial charge in [-0.15, -0.1) is 0 Å². The Morgan fingerprint density at radius 3 is 2.59 bits per heavy atom. The number of hydrogen-bond donors (Lipinski definition) is 1. The maximum Gasteiger partial charge on any atom is 0.336 e. The van der Waals surface area contributed by atoms with Gasteiger partial charge in [0.15, 0.2) is 11.5 Å². The van der Waals surface area contributed by atoms with Crippen molar-refractivity contribution >= 4 is 11.7 Å². The summed E-state index contributed by atoms with van der Waals surface area (Å²) < 4.78 is 10.8. The Morgan fingerprint density at radius 2 is 2.00 bits per heavy atom. The summed E-state index contributed by atoms with van der Waals surface area (Å²) in [5.41, 5.74) is 9.30. The van der Waals surface area contributed by atoms with Crippen LogP contribution >= 0.6 is 0 Å². The molecule has 0 unspecified atom stereocenters. The molecule has 0 bridgehead atoms. The molecule has 0 saturated heterocycles. The smallest absolute Gasteiger partial charge is 0.336 e. The lowest BCUT2D eigenvalue weighted by Crippen LogP contribution is -2.02. The van der Waals surface area contributed by atoms with Gasteiger partial charge >= 0.3 is 5.97 Å². The van der Waals surface area contributed by atoms with Gasteiger partial charge in [-0.05, 0) is 23.2 Å². The number of carboxylic acid groups (broad SMARTS) is 1. The predicted molar refractivity (Wildman–Crippen MR) is 79.5 cm³/mol. The van der Waals surface area contributed by atoms with E-state index in [-0.39, 0.29) is 23.6 Å². The van der Waals surface area contributed by atoms with Crippen LogP contribution < -0.4 is 9.47 Å². The third kappa shape index (κ3) is 3.28. The van der Waals surface area contributed by atoms with Gasteiger partial charge < -0.3 is 14.6 Å². The molecule has 1 N–H and O–H groups in total. The van der Waals surface area contributed by atoms with Crippen LogP contribution in [0, 0.1) is 0 Å². The van der Waals surface area contributed by atoms with Crippen molar-refractivity contribution in [2.75, 3.05) is 7.11 Å². The summed E-state index contributed by atoms with van der Waals surface area (Å²) in [7, 11) is 1.35. The van der Waals surface area contributed by atoms with Crippen molar-refractivity contribution in [3.05, 3.63) is 64.0 Å². The van der Waals surface area contributed by atoms with Crippen molar-refractivity contribution in [1.82, 2.24) is 0 Å². The molecule has 0 fully saturated rings. The largest absolute Gasteiger partial charge is 0.492 e. The minimum Gasteiger partial charge on any atom is -0.492 e. The number of hydrogen-bond acceptors (Lipinski definition) is 4. The zero-order valence-electron chi connectivity index (χ0n) is 11.8. The third-order valence-corrected chi connectivity index (χ3v) is 2.91. The number of nitrogens with zero attached hydrogens (tertiary/aromatic N) is 3. The Morgan fingerprint density at radius 1 is 1.27 bits per heavy atom. The third-order valence-electron chi connectivity index (χ3n) is 2.91. The second kappa shape index (κ2) is 7.01. The van der Waals surface area contributed by atoms with E-state index in [9.17, 15) is 4.79 Å². The van der Waals surface area contributed by atoms with Crippen LogP contribution in [0.4, 0.5) is 5.69 Å². The van der Waals surface area contributed by atoms with Gasteiger partial charge in [-0.25, -0.2) is 4.79 Å². The van der Waals surface area contributed by atoms with E-state index in [0.717, 1.165) is 5.56 Å². The van der Waals surface area contributed by atoms with Crippen molar-refractivity contribution in [2.24, 2.45) is 5.11 Å². The first-order valence-corrected chi connectivity index (χ1v) is 6.33. The molecule has 7 heteroatoms. The molecule has 112 valence electrons. The van der Waals surface area contributed by atoms with Crippen molar-refractivity contribution in [3.8, 4) is 11.5 Å². The maximum absolute atomic E-state index is 11.2. The summed E-state index contributed by atoms with van der Waals surface area (Å²) in [6, 6.07) is 12.2. The Labute approximate surface area is 126 Å². The Hall–Kier alpha value is -3.18. The molecule has 2 rings (SSSR count). The van der Waals surface area contributed by atoms with Gasteiger partial charge in [-0.2, -0.15) is 0 Å². The predicted octanol–water partition coefficient (Wildman–Crippen LogP) is 3.91. The van der Waals surface area contributed by atoms with Gasteiger partial charge in [0.05, 0.1) is 18.4 Å². The van der Waals surface area contributed by atoms with E-state index in [0.29, 0.717) is 5.75 Å². The lowest BCUT2D eigenvalue weighted by Gasteiger charge is -2.14. The highest BCUT2D eigenvalue weighted by atomic mass is 16.5. The van der Waals surface area contributed by atoms with Gasteiger partial charge in [0, 0.05) is 4.91 Å². The number of aromatic carboxylic acids is 1. The molecule has 0 aromatic heterocycles. The average molecular weight is 299 g/mol. The second-order valence-electron chi connectivity index (χ2n) is 4.26. The average Bonchev–Trinajstić information content (AvgIpc) is 2.53. The highest BCUT2D eigenvalue weighted by molar-refractivity contribution is 5.95. The van der Waals surface area contributed by atoms with E-state index >= 15 is 0 Å². The van der Waals surface area contributed by atoms with Crippen molar-refractivity contribution in [2.45, 2.75) is 6.61 Å². The van der Waals surface area contributed by atoms with E-state index < -0.39 is 5.97 Å². The van der Waals surface area contributed by atoms with Gasteiger partial charge in [-0.1, -0.05) is 35.4 Å². The lowest BCUT2D eigenvalue weighted by molar-refractivity contribution is 0.0697. The Balaban J connectivity index is 2.37. The van der Waals surface area contributed by atoms with Crippen molar-refractivity contribution in [3.63, 3.8) is 0 Å². The molecule has 0 saturated carbocycles. The summed E-state index contributed by atoms with van der Waals surface area (Å²) in [5.74, 6) is -0.817. The molecule has 0 atom stereocenters. The highest BCUT2D eigenvalue weighted by Gasteiger charge is 2.18. The molecule has 0 aliphatic heterocycles. The highest BCUT2D eigenvalue weighted by Crippen LogP contribution is 2.40. The quantitative estimate of drug-likeness (QED) is 0.496. The number of carbonyl (C=O) groups is 1. The summed E-state index contributed by atoms with van der Waals surface area (Å²) >= 11 is 0. The second-order valence-corrected chi connectivity index (χ2v) is 4.26. The standard InChI is InChI=1S/C15H13N3O4/c1-21-14-12(22-9-10-5-3-2-4-6-10)8-7-11(15(19)20)13(14)17-18-16/h2-8H,9H2,1H3,(H,19,20). The maximum atomic E-state index is 11.2. The molecular formula is C15H13N3O4. The zero-order valence-corrected chi connectivity index (χ0v) is 11.8. The number of benzene rings is 2. The van der Waals surface area contributed by atoms with Crippen LogP contribution in [-0.2, 0) is 6.61 Å². The van der Waals surface area contributed by atoms with Gasteiger partial charge in [-0.3, -0.25) is 0 Å². The van der Waals surface area contributed by atoms with Crippen LogP contribution in [0.1, 0.15) is 15.9 Å². The molecule has 0 aliphatic carbocycles. The lowest BCUT2D eigenvalue weighted by atomic mass is 10.1. The van der Waals surface area contributed by atoms with Gasteiger partial charge in [0.1, 0.15) is 6.61 Å². The van der Waals surface area contributed by atoms with Crippen LogP contribution in [0.15, 0.2) is 47.6 Å². The molecule has 2 aromatic carbocycles. The van der Waals surface area contributed by atoms with E-state index in [1.54, 1.807) is 0 Å². The van der Waals surface area contributed by atoms with E-state index in [4.69, 9.17) is 20.1 Å². The molecule has 0 amide bonds. The SMILES string of the molecule is COc1c(OCc2ccccc2)ccc(C(=O)O)c1N=[N+]=[N-]. The van der Waals surface area contributed by atoms with Crippen LogP contribution in [-0.4, -0.2) is 18.2 Å². The molecule has 0 aliphatic rings. The number of carboxylic acids is 1. The number of rotatable bonds is 6. The van der Waals surface area contributed by atoms with Crippen molar-refractivity contribution in [1.29, 1.82) is 0 Å². The first-order valence-electron chi connectivity index (χ1n) is 6.33. The van der Waals surface area contributed by atoms with Crippen LogP contribution in [0.3, 0.4) is 0 Å². The first kappa shape index (κ1) is 15.2. The first-order chi connectivity index (χ1) is 10.7. The summed E-state index contributed by atoms with van der Waals surface area (Å²) in [4.78, 5) is 13.8. The van der Waals surface area contributed by atoms with Gasteiger partial charge in [0.2, 0.25) is 0 Å². The molecule has 22 heavy (non-hydrogen) atoms. The van der Waals surface area contributed by atoms with E-state index in [1.165, 1.54) is 19.2 Å². The molecule has 0 spiro atoms. The number of azide groups is 1. The number of ether oxygens (including phenoxy) is 2. The van der Waals surface area contributed by atoms with Crippen LogP contribution in [0.2, 0.25) is 0 Å². The molecule has 7 nitrogen and oxygen atoms in total. The monoisotopic (exact) mass is 299 g/mol. The van der Waals surface area contributed by atoms with Crippen LogP contribution in [0.5, 0.6) is 11.5 Å². The van der Waals surface area contributed by atoms with Gasteiger partial charge in [0.25, 0.3) is 0 Å². The summed E-state index contributed by atoms with van der Waals surface area (Å²) in [6.07, 6.45) is 0. The molecule has 0 radical (unpaired) electrons. The van der Waals surface area contributed by atoms with Crippen LogP contribution in [0.25, 0.3) is 10.4 Å². The van der Waals surface area contributed by atoms with E-state index in [2.05, 4.69) is 10.0 Å². The normalized spacial score (nSPS) is 9.68. The minimum atomic E-state index is -1.21. The minimum absolute atomic E-state index is 0.0913. The summed E-state index contributed by atoms with van der Waals surface area (Å²) in [5, 5.41) is 12.5.